The number of benzene rings is 1. The van der Waals surface area contributed by atoms with Gasteiger partial charge in [-0.1, -0.05) is 29.8 Å². The van der Waals surface area contributed by atoms with Gasteiger partial charge in [-0.2, -0.15) is 0 Å². The van der Waals surface area contributed by atoms with E-state index in [1.807, 2.05) is 31.2 Å². The summed E-state index contributed by atoms with van der Waals surface area (Å²) in [5, 5.41) is 3.49. The zero-order valence-electron chi connectivity index (χ0n) is 12.1. The summed E-state index contributed by atoms with van der Waals surface area (Å²) in [4.78, 5) is 30.8. The van der Waals surface area contributed by atoms with Crippen LogP contribution >= 0.6 is 0 Å². The second-order valence-electron chi connectivity index (χ2n) is 5.12. The Bertz CT molecular complexity index is 882. The van der Waals surface area contributed by atoms with Crippen molar-refractivity contribution in [1.82, 2.24) is 15.3 Å². The molecule has 0 aliphatic heterocycles. The fraction of sp³-hybridized carbons (Fsp3) is 0.118. The second-order valence-corrected chi connectivity index (χ2v) is 5.12. The van der Waals surface area contributed by atoms with Crippen molar-refractivity contribution in [2.75, 3.05) is 0 Å². The van der Waals surface area contributed by atoms with E-state index < -0.39 is 11.5 Å². The predicted octanol–water partition coefficient (Wildman–Crippen LogP) is 2.16. The maximum Gasteiger partial charge on any atom is 0.262 e. The summed E-state index contributed by atoms with van der Waals surface area (Å²) in [6.45, 7) is 2.38. The third kappa shape index (κ3) is 2.88. The van der Waals surface area contributed by atoms with E-state index in [0.29, 0.717) is 12.2 Å². The molecule has 110 valence electrons. The number of carbonyl (C=O) groups excluding carboxylic acids is 1. The maximum atomic E-state index is 12.2. The lowest BCUT2D eigenvalue weighted by Gasteiger charge is -2.06. The lowest BCUT2D eigenvalue weighted by atomic mass is 10.1. The summed E-state index contributed by atoms with van der Waals surface area (Å²) in [5.74, 6) is -0.396. The summed E-state index contributed by atoms with van der Waals surface area (Å²) in [6, 6.07) is 13.0. The number of carbonyl (C=O) groups is 1. The predicted molar refractivity (Wildman–Crippen MR) is 84.7 cm³/mol. The first-order chi connectivity index (χ1) is 10.6. The van der Waals surface area contributed by atoms with Gasteiger partial charge in [0.2, 0.25) is 0 Å². The van der Waals surface area contributed by atoms with Gasteiger partial charge in [0.15, 0.2) is 0 Å². The Balaban J connectivity index is 1.81. The fourth-order valence-electron chi connectivity index (χ4n) is 2.19. The molecular weight excluding hydrogens is 278 g/mol. The van der Waals surface area contributed by atoms with E-state index in [1.165, 1.54) is 0 Å². The number of rotatable bonds is 3. The van der Waals surface area contributed by atoms with Crippen molar-refractivity contribution in [2.45, 2.75) is 13.5 Å². The Morgan fingerprint density at radius 1 is 1.23 bits per heavy atom. The van der Waals surface area contributed by atoms with Crippen LogP contribution < -0.4 is 10.9 Å². The van der Waals surface area contributed by atoms with Crippen molar-refractivity contribution < 1.29 is 4.79 Å². The lowest BCUT2D eigenvalue weighted by Crippen LogP contribution is -2.29. The van der Waals surface area contributed by atoms with Crippen LogP contribution in [0.2, 0.25) is 0 Å². The van der Waals surface area contributed by atoms with Crippen molar-refractivity contribution in [3.05, 3.63) is 75.7 Å². The summed E-state index contributed by atoms with van der Waals surface area (Å²) >= 11 is 0. The Hall–Kier alpha value is -2.95. The molecule has 2 N–H and O–H groups in total. The summed E-state index contributed by atoms with van der Waals surface area (Å²) < 4.78 is 0. The second kappa shape index (κ2) is 5.81. The topological polar surface area (TPSA) is 74.8 Å². The molecule has 0 atom stereocenters. The van der Waals surface area contributed by atoms with Gasteiger partial charge in [0.05, 0.1) is 0 Å². The Morgan fingerprint density at radius 2 is 2.00 bits per heavy atom. The van der Waals surface area contributed by atoms with Gasteiger partial charge >= 0.3 is 0 Å². The third-order valence-electron chi connectivity index (χ3n) is 3.43. The van der Waals surface area contributed by atoms with Crippen LogP contribution in [0.25, 0.3) is 11.0 Å². The Morgan fingerprint density at radius 3 is 2.77 bits per heavy atom. The maximum absolute atomic E-state index is 12.2. The summed E-state index contributed by atoms with van der Waals surface area (Å²) in [6.07, 6.45) is 1.59. The number of hydrogen-bond acceptors (Lipinski definition) is 3. The molecule has 5 nitrogen and oxygen atoms in total. The highest BCUT2D eigenvalue weighted by Gasteiger charge is 2.11. The molecule has 2 aromatic heterocycles. The van der Waals surface area contributed by atoms with Gasteiger partial charge in [0.1, 0.15) is 11.2 Å². The van der Waals surface area contributed by atoms with Crippen LogP contribution in [0, 0.1) is 6.92 Å². The lowest BCUT2D eigenvalue weighted by molar-refractivity contribution is 0.0949. The minimum atomic E-state index is -0.437. The van der Waals surface area contributed by atoms with Crippen LogP contribution in [0.15, 0.2) is 53.5 Å². The molecule has 0 saturated heterocycles. The highest BCUT2D eigenvalue weighted by molar-refractivity contribution is 5.96. The quantitative estimate of drug-likeness (QED) is 0.777. The van der Waals surface area contributed by atoms with Crippen LogP contribution in [0.5, 0.6) is 0 Å². The molecule has 3 rings (SSSR count). The normalized spacial score (nSPS) is 10.6. The van der Waals surface area contributed by atoms with Gasteiger partial charge in [0, 0.05) is 18.1 Å². The van der Waals surface area contributed by atoms with E-state index in [2.05, 4.69) is 15.3 Å². The molecule has 3 aromatic rings. The summed E-state index contributed by atoms with van der Waals surface area (Å²) in [7, 11) is 0. The zero-order chi connectivity index (χ0) is 15.5. The van der Waals surface area contributed by atoms with Gasteiger partial charge in [-0.05, 0) is 30.7 Å². The minimum Gasteiger partial charge on any atom is -0.348 e. The van der Waals surface area contributed by atoms with E-state index >= 15 is 0 Å². The Labute approximate surface area is 127 Å². The molecule has 0 fully saturated rings. The average Bonchev–Trinajstić information content (AvgIpc) is 2.53. The number of aromatic nitrogens is 2. The van der Waals surface area contributed by atoms with Crippen LogP contribution in [-0.2, 0) is 6.54 Å². The molecule has 0 saturated carbocycles. The molecule has 0 radical (unpaired) electrons. The molecule has 1 aromatic carbocycles. The van der Waals surface area contributed by atoms with E-state index in [9.17, 15) is 9.59 Å². The van der Waals surface area contributed by atoms with E-state index in [-0.39, 0.29) is 5.56 Å². The average molecular weight is 293 g/mol. The monoisotopic (exact) mass is 293 g/mol. The van der Waals surface area contributed by atoms with E-state index in [1.54, 1.807) is 24.4 Å². The van der Waals surface area contributed by atoms with Crippen LogP contribution in [-0.4, -0.2) is 15.9 Å². The first kappa shape index (κ1) is 14.0. The molecule has 1 amide bonds. The SMILES string of the molecule is Cc1ccc(CNC(=O)c2cc3cccnc3[nH]c2=O)cc1. The minimum absolute atomic E-state index is 0.0904. The number of pyridine rings is 2. The molecule has 0 unspecified atom stereocenters. The van der Waals surface area contributed by atoms with Crippen molar-refractivity contribution in [3.8, 4) is 0 Å². The zero-order valence-corrected chi connectivity index (χ0v) is 12.1. The van der Waals surface area contributed by atoms with E-state index in [0.717, 1.165) is 16.5 Å². The summed E-state index contributed by atoms with van der Waals surface area (Å²) in [5.41, 5.74) is 2.27. The number of fused-ring (bicyclic) bond motifs is 1. The number of amides is 1. The standard InChI is InChI=1S/C17H15N3O2/c1-11-4-6-12(7-5-11)10-19-16(21)14-9-13-3-2-8-18-15(13)20-17(14)22/h2-9H,10H2,1H3,(H,19,21)(H,18,20,22). The Kier molecular flexibility index (Phi) is 3.70. The number of aromatic amines is 1. The van der Waals surface area contributed by atoms with Crippen LogP contribution in [0.3, 0.4) is 0 Å². The van der Waals surface area contributed by atoms with Gasteiger partial charge in [-0.3, -0.25) is 9.59 Å². The van der Waals surface area contributed by atoms with Crippen molar-refractivity contribution in [2.24, 2.45) is 0 Å². The molecule has 0 aliphatic carbocycles. The van der Waals surface area contributed by atoms with E-state index in [4.69, 9.17) is 0 Å². The van der Waals surface area contributed by atoms with Crippen LogP contribution in [0.4, 0.5) is 0 Å². The van der Waals surface area contributed by atoms with Crippen molar-refractivity contribution in [1.29, 1.82) is 0 Å². The number of nitrogens with one attached hydrogen (secondary N) is 2. The van der Waals surface area contributed by atoms with Crippen LogP contribution in [0.1, 0.15) is 21.5 Å². The molecule has 2 heterocycles. The first-order valence-corrected chi connectivity index (χ1v) is 6.95. The third-order valence-corrected chi connectivity index (χ3v) is 3.43. The molecule has 5 heteroatoms. The molecule has 0 aliphatic rings. The largest absolute Gasteiger partial charge is 0.348 e. The van der Waals surface area contributed by atoms with Gasteiger partial charge < -0.3 is 10.3 Å². The van der Waals surface area contributed by atoms with Crippen molar-refractivity contribution >= 4 is 16.9 Å². The molecule has 0 bridgehead atoms. The fourth-order valence-corrected chi connectivity index (χ4v) is 2.19. The van der Waals surface area contributed by atoms with Gasteiger partial charge in [-0.15, -0.1) is 0 Å². The first-order valence-electron chi connectivity index (χ1n) is 6.95. The number of aryl methyl sites for hydroxylation is 1. The highest BCUT2D eigenvalue weighted by atomic mass is 16.2. The van der Waals surface area contributed by atoms with Gasteiger partial charge in [-0.25, -0.2) is 4.98 Å². The van der Waals surface area contributed by atoms with Crippen molar-refractivity contribution in [3.63, 3.8) is 0 Å². The highest BCUT2D eigenvalue weighted by Crippen LogP contribution is 2.08. The molecule has 22 heavy (non-hydrogen) atoms. The molecular formula is C17H15N3O2. The number of nitrogens with zero attached hydrogens (tertiary/aromatic N) is 1. The van der Waals surface area contributed by atoms with Gasteiger partial charge in [0.25, 0.3) is 11.5 Å². The number of H-pyrrole nitrogens is 1. The smallest absolute Gasteiger partial charge is 0.262 e. The molecule has 0 spiro atoms. The number of hydrogen-bond donors (Lipinski definition) is 2.